The molecule has 1 atom stereocenters. The Morgan fingerprint density at radius 3 is 2.47 bits per heavy atom. The fourth-order valence-electron chi connectivity index (χ4n) is 3.44. The predicted molar refractivity (Wildman–Crippen MR) is 136 cm³/mol. The van der Waals surface area contributed by atoms with Crippen molar-refractivity contribution >= 4 is 40.7 Å². The highest BCUT2D eigenvalue weighted by atomic mass is 35.5. The largest absolute Gasteiger partial charge is 0.405 e. The average molecular weight is 512 g/mol. The average Bonchev–Trinajstić information content (AvgIpc) is 2.83. The molecule has 3 aromatic rings. The molecule has 36 heavy (non-hydrogen) atoms. The summed E-state index contributed by atoms with van der Waals surface area (Å²) in [4.78, 5) is 38.9. The van der Waals surface area contributed by atoms with E-state index in [1.54, 1.807) is 49.4 Å². The molecule has 11 heteroatoms. The molecule has 0 aliphatic heterocycles. The topological polar surface area (TPSA) is 149 Å². The van der Waals surface area contributed by atoms with Gasteiger partial charge in [0.2, 0.25) is 0 Å². The van der Waals surface area contributed by atoms with E-state index in [4.69, 9.17) is 32.2 Å². The second-order valence-electron chi connectivity index (χ2n) is 7.61. The number of nitrogen functional groups attached to an aromatic ring is 1. The van der Waals surface area contributed by atoms with Crippen LogP contribution in [-0.4, -0.2) is 28.9 Å². The van der Waals surface area contributed by atoms with Crippen molar-refractivity contribution in [3.63, 3.8) is 0 Å². The number of halogens is 1. The van der Waals surface area contributed by atoms with Gasteiger partial charge in [0.15, 0.2) is 0 Å². The van der Waals surface area contributed by atoms with Crippen LogP contribution in [0, 0.1) is 5.41 Å². The summed E-state index contributed by atoms with van der Waals surface area (Å²) in [6.07, 6.45) is 1.30. The Morgan fingerprint density at radius 2 is 1.86 bits per heavy atom. The number of carbonyl (C=O) groups is 2. The van der Waals surface area contributed by atoms with Gasteiger partial charge < -0.3 is 25.8 Å². The fraction of sp³-hybridized carbons (Fsp3) is 0.200. The maximum Gasteiger partial charge on any atom is 0.387 e. The summed E-state index contributed by atoms with van der Waals surface area (Å²) in [5, 5.41) is 13.4. The predicted octanol–water partition coefficient (Wildman–Crippen LogP) is 3.06. The maximum absolute atomic E-state index is 13.5. The number of esters is 1. The Bertz CT molecular complexity index is 1330. The molecule has 1 aromatic heterocycles. The number of amides is 1. The van der Waals surface area contributed by atoms with Crippen LogP contribution in [0.15, 0.2) is 71.7 Å². The normalized spacial score (nSPS) is 12.3. The van der Waals surface area contributed by atoms with Gasteiger partial charge in [0.05, 0.1) is 11.6 Å². The monoisotopic (exact) mass is 511 g/mol. The van der Waals surface area contributed by atoms with Crippen LogP contribution in [0.4, 0.5) is 11.4 Å². The fourth-order valence-corrected chi connectivity index (χ4v) is 3.74. The Kier molecular flexibility index (Phi) is 8.46. The molecule has 0 unspecified atom stereocenters. The number of nitrogens with two attached hydrogens (primary N) is 1. The molecule has 2 aromatic carbocycles. The smallest absolute Gasteiger partial charge is 0.387 e. The molecule has 0 spiro atoms. The first kappa shape index (κ1) is 26.5. The van der Waals surface area contributed by atoms with E-state index in [0.717, 1.165) is 11.5 Å². The van der Waals surface area contributed by atoms with Gasteiger partial charge >= 0.3 is 17.8 Å². The van der Waals surface area contributed by atoms with Crippen molar-refractivity contribution in [2.24, 2.45) is 5.73 Å². The third-order valence-electron chi connectivity index (χ3n) is 5.00. The SMILES string of the molecule is CCO[C@](OC(C)=O)(C(=O)NCc1ccc(C(=N)N)c(Cl)c1)n1cccc(Nc2ccccc2)c1=O. The van der Waals surface area contributed by atoms with Crippen molar-refractivity contribution in [1.29, 1.82) is 5.41 Å². The lowest BCUT2D eigenvalue weighted by Crippen LogP contribution is -2.56. The standard InChI is InChI=1S/C25H26ClN5O5/c1-3-35-25(36-16(2)32,24(34)29-15-17-11-12-19(22(27)28)20(26)14-17)31-13-7-10-21(23(31)33)30-18-8-5-4-6-9-18/h4-14,30H,3,15H2,1-2H3,(H3,27,28)(H,29,34)/t25-/m0/s1. The van der Waals surface area contributed by atoms with Gasteiger partial charge in [-0.05, 0) is 48.9 Å². The number of amidine groups is 1. The van der Waals surface area contributed by atoms with Crippen LogP contribution in [0.2, 0.25) is 5.02 Å². The van der Waals surface area contributed by atoms with Gasteiger partial charge in [0.1, 0.15) is 11.5 Å². The molecule has 1 heterocycles. The second-order valence-corrected chi connectivity index (χ2v) is 8.01. The van der Waals surface area contributed by atoms with Gasteiger partial charge in [-0.15, -0.1) is 0 Å². The quantitative estimate of drug-likeness (QED) is 0.141. The Hall–Kier alpha value is -4.15. The van der Waals surface area contributed by atoms with E-state index in [1.807, 2.05) is 6.07 Å². The summed E-state index contributed by atoms with van der Waals surface area (Å²) in [6, 6.07) is 16.8. The van der Waals surface area contributed by atoms with Crippen molar-refractivity contribution in [1.82, 2.24) is 9.88 Å². The lowest BCUT2D eigenvalue weighted by atomic mass is 10.1. The summed E-state index contributed by atoms with van der Waals surface area (Å²) in [5.41, 5.74) is 6.56. The van der Waals surface area contributed by atoms with Gasteiger partial charge in [-0.2, -0.15) is 0 Å². The Balaban J connectivity index is 1.98. The van der Waals surface area contributed by atoms with Crippen LogP contribution >= 0.6 is 11.6 Å². The first-order valence-electron chi connectivity index (χ1n) is 11.0. The summed E-state index contributed by atoms with van der Waals surface area (Å²) in [5.74, 6) is -4.31. The van der Waals surface area contributed by atoms with Crippen LogP contribution in [0.5, 0.6) is 0 Å². The van der Waals surface area contributed by atoms with E-state index in [0.29, 0.717) is 16.8 Å². The van der Waals surface area contributed by atoms with Crippen molar-refractivity contribution in [2.45, 2.75) is 26.3 Å². The number of carbonyl (C=O) groups excluding carboxylic acids is 2. The van der Waals surface area contributed by atoms with Gasteiger partial charge in [-0.1, -0.05) is 35.9 Å². The second kappa shape index (κ2) is 11.5. The molecule has 0 radical (unpaired) electrons. The first-order chi connectivity index (χ1) is 17.2. The molecule has 0 aliphatic rings. The zero-order valence-electron chi connectivity index (χ0n) is 19.7. The molecular formula is C25H26ClN5O5. The molecule has 0 saturated heterocycles. The van der Waals surface area contributed by atoms with Crippen molar-refractivity contribution in [3.05, 3.63) is 93.4 Å². The maximum atomic E-state index is 13.5. The number of aromatic nitrogens is 1. The molecular weight excluding hydrogens is 486 g/mol. The number of benzene rings is 2. The summed E-state index contributed by atoms with van der Waals surface area (Å²) < 4.78 is 11.9. The number of pyridine rings is 1. The highest BCUT2D eigenvalue weighted by Crippen LogP contribution is 2.23. The zero-order chi connectivity index (χ0) is 26.3. The van der Waals surface area contributed by atoms with E-state index in [1.165, 1.54) is 18.3 Å². The summed E-state index contributed by atoms with van der Waals surface area (Å²) in [7, 11) is 0. The van der Waals surface area contributed by atoms with Crippen molar-refractivity contribution < 1.29 is 19.1 Å². The lowest BCUT2D eigenvalue weighted by Gasteiger charge is -2.32. The number of para-hydroxylation sites is 1. The van der Waals surface area contributed by atoms with Gasteiger partial charge in [-0.3, -0.25) is 19.8 Å². The number of hydrogen-bond donors (Lipinski definition) is 4. The molecule has 3 rings (SSSR count). The first-order valence-corrected chi connectivity index (χ1v) is 11.3. The highest BCUT2D eigenvalue weighted by Gasteiger charge is 2.46. The van der Waals surface area contributed by atoms with Crippen LogP contribution in [0.3, 0.4) is 0 Å². The van der Waals surface area contributed by atoms with E-state index >= 15 is 0 Å². The van der Waals surface area contributed by atoms with Gasteiger partial charge in [-0.25, -0.2) is 4.57 Å². The summed E-state index contributed by atoms with van der Waals surface area (Å²) >= 11 is 6.17. The molecule has 1 amide bonds. The van der Waals surface area contributed by atoms with Crippen molar-refractivity contribution in [3.8, 4) is 0 Å². The van der Waals surface area contributed by atoms with E-state index in [-0.39, 0.29) is 29.7 Å². The molecule has 0 bridgehead atoms. The molecule has 0 fully saturated rings. The van der Waals surface area contributed by atoms with Gasteiger partial charge in [0.25, 0.3) is 5.56 Å². The van der Waals surface area contributed by atoms with E-state index in [9.17, 15) is 14.4 Å². The number of rotatable bonds is 10. The van der Waals surface area contributed by atoms with Gasteiger partial charge in [0, 0.05) is 30.9 Å². The van der Waals surface area contributed by atoms with Crippen LogP contribution < -0.4 is 21.9 Å². The van der Waals surface area contributed by atoms with Crippen LogP contribution in [0.25, 0.3) is 0 Å². The molecule has 0 saturated carbocycles. The number of anilines is 2. The number of ether oxygens (including phenoxy) is 2. The zero-order valence-corrected chi connectivity index (χ0v) is 20.5. The highest BCUT2D eigenvalue weighted by molar-refractivity contribution is 6.34. The van der Waals surface area contributed by atoms with E-state index < -0.39 is 23.3 Å². The van der Waals surface area contributed by atoms with Crippen LogP contribution in [0.1, 0.15) is 25.0 Å². The minimum absolute atomic E-state index is 0.0382. The molecule has 10 nitrogen and oxygen atoms in total. The molecule has 0 aliphatic carbocycles. The Labute approximate surface area is 212 Å². The molecule has 5 N–H and O–H groups in total. The number of hydrogen-bond acceptors (Lipinski definition) is 7. The third-order valence-corrected chi connectivity index (χ3v) is 5.32. The number of nitrogens with one attached hydrogen (secondary N) is 3. The lowest BCUT2D eigenvalue weighted by molar-refractivity contribution is -0.264. The van der Waals surface area contributed by atoms with Crippen LogP contribution in [-0.2, 0) is 31.5 Å². The minimum atomic E-state index is -2.41. The third kappa shape index (κ3) is 5.91. The van der Waals surface area contributed by atoms with E-state index in [2.05, 4.69) is 10.6 Å². The Morgan fingerprint density at radius 1 is 1.14 bits per heavy atom. The summed E-state index contributed by atoms with van der Waals surface area (Å²) in [6.45, 7) is 2.62. The van der Waals surface area contributed by atoms with Crippen molar-refractivity contribution in [2.75, 3.05) is 11.9 Å². The minimum Gasteiger partial charge on any atom is -0.405 e. The molecule has 188 valence electrons. The number of nitrogens with zero attached hydrogens (tertiary/aromatic N) is 1.